The summed E-state index contributed by atoms with van der Waals surface area (Å²) in [6.45, 7) is 6.49. The monoisotopic (exact) mass is 283 g/mol. The van der Waals surface area contributed by atoms with Gasteiger partial charge in [0.1, 0.15) is 5.75 Å². The highest BCUT2D eigenvalue weighted by Gasteiger charge is 2.25. The molecular formula is C15H22ClNO2. The average Bonchev–Trinajstić information content (AvgIpc) is 2.40. The first-order valence-electron chi connectivity index (χ1n) is 6.66. The molecule has 0 radical (unpaired) electrons. The van der Waals surface area contributed by atoms with Crippen molar-refractivity contribution in [2.75, 3.05) is 12.5 Å². The number of hydrogen-bond acceptors (Lipinski definition) is 2. The Kier molecular flexibility index (Phi) is 6.16. The molecule has 0 bridgehead atoms. The number of alkyl halides is 1. The first-order chi connectivity index (χ1) is 9.06. The number of halogens is 1. The number of hydrogen-bond donors (Lipinski definition) is 1. The third kappa shape index (κ3) is 4.43. The van der Waals surface area contributed by atoms with Crippen molar-refractivity contribution in [2.45, 2.75) is 39.2 Å². The number of ether oxygens (including phenoxy) is 1. The van der Waals surface area contributed by atoms with Gasteiger partial charge < -0.3 is 10.1 Å². The van der Waals surface area contributed by atoms with Crippen LogP contribution < -0.4 is 10.1 Å². The molecule has 19 heavy (non-hydrogen) atoms. The number of carbonyl (C=O) groups is 1. The molecule has 1 aromatic carbocycles. The summed E-state index contributed by atoms with van der Waals surface area (Å²) in [5, 5.41) is 3.06. The number of nitrogens with one attached hydrogen (secondary N) is 1. The Morgan fingerprint density at radius 1 is 1.37 bits per heavy atom. The molecule has 0 aliphatic rings. The van der Waals surface area contributed by atoms with Crippen LogP contribution in [0.15, 0.2) is 24.3 Å². The second-order valence-electron chi connectivity index (χ2n) is 4.74. The maximum Gasteiger partial charge on any atom is 0.255 e. The van der Waals surface area contributed by atoms with Crippen LogP contribution >= 0.6 is 11.6 Å². The van der Waals surface area contributed by atoms with E-state index in [0.29, 0.717) is 23.8 Å². The summed E-state index contributed by atoms with van der Waals surface area (Å²) in [5.41, 5.74) is 0.289. The van der Waals surface area contributed by atoms with Crippen LogP contribution in [-0.2, 0) is 0 Å². The smallest absolute Gasteiger partial charge is 0.255 e. The van der Waals surface area contributed by atoms with E-state index in [4.69, 9.17) is 16.3 Å². The van der Waals surface area contributed by atoms with Crippen LogP contribution in [-0.4, -0.2) is 23.9 Å². The fourth-order valence-electron chi connectivity index (χ4n) is 1.81. The Bertz CT molecular complexity index is 422. The highest BCUT2D eigenvalue weighted by atomic mass is 35.5. The van der Waals surface area contributed by atoms with Gasteiger partial charge in [-0.05, 0) is 38.8 Å². The SMILES string of the molecule is CCOc1ccccc1C(=O)NC(C)(CC)CCCl. The van der Waals surface area contributed by atoms with Crippen LogP contribution in [0.1, 0.15) is 44.0 Å². The topological polar surface area (TPSA) is 38.3 Å². The minimum Gasteiger partial charge on any atom is -0.493 e. The van der Waals surface area contributed by atoms with E-state index in [1.807, 2.05) is 39.0 Å². The van der Waals surface area contributed by atoms with E-state index in [1.54, 1.807) is 6.07 Å². The molecule has 0 saturated heterocycles. The van der Waals surface area contributed by atoms with Crippen LogP contribution in [0.3, 0.4) is 0 Å². The standard InChI is InChI=1S/C15H22ClNO2/c1-4-15(3,10-11-16)17-14(18)12-8-6-7-9-13(12)19-5-2/h6-9H,4-5,10-11H2,1-3H3,(H,17,18). The molecule has 1 atom stereocenters. The van der Waals surface area contributed by atoms with Gasteiger partial charge in [-0.25, -0.2) is 0 Å². The van der Waals surface area contributed by atoms with Gasteiger partial charge in [0.2, 0.25) is 0 Å². The molecule has 0 aliphatic carbocycles. The van der Waals surface area contributed by atoms with Gasteiger partial charge in [0, 0.05) is 11.4 Å². The van der Waals surface area contributed by atoms with Gasteiger partial charge in [-0.1, -0.05) is 19.1 Å². The van der Waals surface area contributed by atoms with Crippen molar-refractivity contribution in [1.29, 1.82) is 0 Å². The molecule has 106 valence electrons. The molecule has 0 heterocycles. The Labute approximate surface area is 120 Å². The number of benzene rings is 1. The van der Waals surface area contributed by atoms with Crippen molar-refractivity contribution in [3.05, 3.63) is 29.8 Å². The highest BCUT2D eigenvalue weighted by Crippen LogP contribution is 2.21. The lowest BCUT2D eigenvalue weighted by Gasteiger charge is -2.29. The van der Waals surface area contributed by atoms with E-state index >= 15 is 0 Å². The Morgan fingerprint density at radius 2 is 2.05 bits per heavy atom. The Morgan fingerprint density at radius 3 is 2.63 bits per heavy atom. The largest absolute Gasteiger partial charge is 0.493 e. The molecule has 1 unspecified atom stereocenters. The molecular weight excluding hydrogens is 262 g/mol. The van der Waals surface area contributed by atoms with Crippen molar-refractivity contribution in [2.24, 2.45) is 0 Å². The zero-order chi connectivity index (χ0) is 14.3. The van der Waals surface area contributed by atoms with Crippen LogP contribution in [0.4, 0.5) is 0 Å². The lowest BCUT2D eigenvalue weighted by atomic mass is 9.95. The molecule has 1 aromatic rings. The molecule has 0 aromatic heterocycles. The number of para-hydroxylation sites is 1. The van der Waals surface area contributed by atoms with Gasteiger partial charge in [0.05, 0.1) is 12.2 Å². The molecule has 1 N–H and O–H groups in total. The lowest BCUT2D eigenvalue weighted by molar-refractivity contribution is 0.0897. The van der Waals surface area contributed by atoms with E-state index in [0.717, 1.165) is 12.8 Å². The number of amides is 1. The number of rotatable bonds is 7. The van der Waals surface area contributed by atoms with Crippen molar-refractivity contribution < 1.29 is 9.53 Å². The summed E-state index contributed by atoms with van der Waals surface area (Å²) < 4.78 is 5.48. The third-order valence-electron chi connectivity index (χ3n) is 3.27. The molecule has 0 fully saturated rings. The first-order valence-corrected chi connectivity index (χ1v) is 7.20. The predicted molar refractivity (Wildman–Crippen MR) is 79.1 cm³/mol. The highest BCUT2D eigenvalue weighted by molar-refractivity contribution is 6.17. The van der Waals surface area contributed by atoms with Gasteiger partial charge >= 0.3 is 0 Å². The summed E-state index contributed by atoms with van der Waals surface area (Å²) in [6.07, 6.45) is 1.58. The Balaban J connectivity index is 2.88. The minimum atomic E-state index is -0.280. The lowest BCUT2D eigenvalue weighted by Crippen LogP contribution is -2.45. The first kappa shape index (κ1) is 15.8. The van der Waals surface area contributed by atoms with E-state index in [2.05, 4.69) is 5.32 Å². The van der Waals surface area contributed by atoms with E-state index in [-0.39, 0.29) is 11.4 Å². The fourth-order valence-corrected chi connectivity index (χ4v) is 2.23. The van der Waals surface area contributed by atoms with E-state index in [9.17, 15) is 4.79 Å². The molecule has 0 saturated carbocycles. The molecule has 4 heteroatoms. The molecule has 1 rings (SSSR count). The summed E-state index contributed by atoms with van der Waals surface area (Å²) in [5.74, 6) is 1.03. The van der Waals surface area contributed by atoms with Gasteiger partial charge in [-0.2, -0.15) is 0 Å². The second kappa shape index (κ2) is 7.39. The maximum atomic E-state index is 12.4. The van der Waals surface area contributed by atoms with Gasteiger partial charge in [0.25, 0.3) is 5.91 Å². The van der Waals surface area contributed by atoms with Crippen LogP contribution in [0.2, 0.25) is 0 Å². The van der Waals surface area contributed by atoms with Crippen LogP contribution in [0.5, 0.6) is 5.75 Å². The predicted octanol–water partition coefficient (Wildman–Crippen LogP) is 3.61. The minimum absolute atomic E-state index is 0.112. The van der Waals surface area contributed by atoms with Crippen molar-refractivity contribution in [3.63, 3.8) is 0 Å². The van der Waals surface area contributed by atoms with Crippen LogP contribution in [0.25, 0.3) is 0 Å². The molecule has 1 amide bonds. The van der Waals surface area contributed by atoms with Crippen molar-refractivity contribution in [3.8, 4) is 5.75 Å². The normalized spacial score (nSPS) is 13.7. The van der Waals surface area contributed by atoms with E-state index < -0.39 is 0 Å². The van der Waals surface area contributed by atoms with Crippen LogP contribution in [0, 0.1) is 0 Å². The Hall–Kier alpha value is -1.22. The molecule has 0 aliphatic heterocycles. The molecule has 3 nitrogen and oxygen atoms in total. The molecule has 0 spiro atoms. The van der Waals surface area contributed by atoms with Gasteiger partial charge in [-0.3, -0.25) is 4.79 Å². The second-order valence-corrected chi connectivity index (χ2v) is 5.11. The van der Waals surface area contributed by atoms with Gasteiger partial charge in [-0.15, -0.1) is 11.6 Å². The van der Waals surface area contributed by atoms with Crippen molar-refractivity contribution in [1.82, 2.24) is 5.32 Å². The summed E-state index contributed by atoms with van der Waals surface area (Å²) in [7, 11) is 0. The average molecular weight is 284 g/mol. The quantitative estimate of drug-likeness (QED) is 0.776. The van der Waals surface area contributed by atoms with Crippen molar-refractivity contribution >= 4 is 17.5 Å². The number of carbonyl (C=O) groups excluding carboxylic acids is 1. The zero-order valence-corrected chi connectivity index (χ0v) is 12.6. The van der Waals surface area contributed by atoms with Gasteiger partial charge in [0.15, 0.2) is 0 Å². The fraction of sp³-hybridized carbons (Fsp3) is 0.533. The van der Waals surface area contributed by atoms with E-state index in [1.165, 1.54) is 0 Å². The summed E-state index contributed by atoms with van der Waals surface area (Å²) >= 11 is 5.80. The third-order valence-corrected chi connectivity index (χ3v) is 3.46. The zero-order valence-electron chi connectivity index (χ0n) is 11.8. The summed E-state index contributed by atoms with van der Waals surface area (Å²) in [6, 6.07) is 7.28. The maximum absolute atomic E-state index is 12.4. The summed E-state index contributed by atoms with van der Waals surface area (Å²) in [4.78, 5) is 12.4.